The van der Waals surface area contributed by atoms with Crippen LogP contribution in [0.3, 0.4) is 0 Å². The van der Waals surface area contributed by atoms with Gasteiger partial charge in [0.2, 0.25) is 5.91 Å². The number of carbonyl (C=O) groups excluding carboxylic acids is 1. The molecule has 1 amide bonds. The van der Waals surface area contributed by atoms with E-state index in [1.807, 2.05) is 12.1 Å². The minimum absolute atomic E-state index is 0.0815. The van der Waals surface area contributed by atoms with Crippen LogP contribution in [-0.2, 0) is 11.2 Å². The fourth-order valence-corrected chi connectivity index (χ4v) is 2.17. The summed E-state index contributed by atoms with van der Waals surface area (Å²) in [5, 5.41) is 7.00. The molecule has 1 aromatic rings. The highest BCUT2D eigenvalue weighted by Gasteiger charge is 2.05. The van der Waals surface area contributed by atoms with Gasteiger partial charge in [-0.25, -0.2) is 0 Å². The zero-order valence-electron chi connectivity index (χ0n) is 14.1. The van der Waals surface area contributed by atoms with Crippen LogP contribution in [0, 0.1) is 0 Å². The molecule has 7 heteroatoms. The summed E-state index contributed by atoms with van der Waals surface area (Å²) in [5.41, 5.74) is 1.04. The third kappa shape index (κ3) is 6.78. The smallest absolute Gasteiger partial charge is 0.223 e. The van der Waals surface area contributed by atoms with Crippen molar-refractivity contribution in [1.29, 1.82) is 0 Å². The standard InChI is InChI=1S/C16H25ClN4O2/c1-18-16(20-10-8-15(22)21(2)3)19-9-7-12-5-6-13(23-4)11-14(12)17/h5-6,11H,7-10H2,1-4H3,(H2,18,19,20). The predicted octanol–water partition coefficient (Wildman–Crippen LogP) is 1.53. The Hall–Kier alpha value is -1.95. The molecule has 128 valence electrons. The molecule has 0 bridgehead atoms. The number of guanidine groups is 1. The maximum absolute atomic E-state index is 11.5. The van der Waals surface area contributed by atoms with Crippen LogP contribution in [0.5, 0.6) is 5.75 Å². The Bertz CT molecular complexity index is 547. The summed E-state index contributed by atoms with van der Waals surface area (Å²) in [6, 6.07) is 5.65. The first-order chi connectivity index (χ1) is 11.0. The van der Waals surface area contributed by atoms with E-state index in [1.165, 1.54) is 0 Å². The average molecular weight is 341 g/mol. The van der Waals surface area contributed by atoms with E-state index in [4.69, 9.17) is 16.3 Å². The van der Waals surface area contributed by atoms with Gasteiger partial charge < -0.3 is 20.3 Å². The molecule has 0 saturated carbocycles. The van der Waals surface area contributed by atoms with Gasteiger partial charge >= 0.3 is 0 Å². The maximum Gasteiger partial charge on any atom is 0.223 e. The van der Waals surface area contributed by atoms with Crippen molar-refractivity contribution < 1.29 is 9.53 Å². The van der Waals surface area contributed by atoms with E-state index in [-0.39, 0.29) is 5.91 Å². The number of hydrogen-bond donors (Lipinski definition) is 2. The van der Waals surface area contributed by atoms with Gasteiger partial charge in [-0.15, -0.1) is 0 Å². The number of methoxy groups -OCH3 is 1. The Morgan fingerprint density at radius 2 is 2.00 bits per heavy atom. The minimum atomic E-state index is 0.0815. The highest BCUT2D eigenvalue weighted by Crippen LogP contribution is 2.22. The molecule has 0 aliphatic carbocycles. The number of rotatable bonds is 7. The van der Waals surface area contributed by atoms with Crippen LogP contribution in [-0.4, -0.2) is 58.1 Å². The van der Waals surface area contributed by atoms with Crippen molar-refractivity contribution in [3.8, 4) is 5.75 Å². The first-order valence-electron chi connectivity index (χ1n) is 7.45. The first-order valence-corrected chi connectivity index (χ1v) is 7.82. The SMILES string of the molecule is CN=C(NCCC(=O)N(C)C)NCCc1ccc(OC)cc1Cl. The Kier molecular flexibility index (Phi) is 8.26. The Balaban J connectivity index is 2.36. The van der Waals surface area contributed by atoms with Crippen LogP contribution in [0.1, 0.15) is 12.0 Å². The van der Waals surface area contributed by atoms with Crippen LogP contribution < -0.4 is 15.4 Å². The lowest BCUT2D eigenvalue weighted by Gasteiger charge is -2.14. The molecule has 0 radical (unpaired) electrons. The van der Waals surface area contributed by atoms with Gasteiger partial charge in [0.15, 0.2) is 5.96 Å². The Labute approximate surface area is 142 Å². The molecule has 0 spiro atoms. The van der Waals surface area contributed by atoms with Gasteiger partial charge in [-0.05, 0) is 24.1 Å². The summed E-state index contributed by atoms with van der Waals surface area (Å²) < 4.78 is 5.13. The van der Waals surface area contributed by atoms with Crippen molar-refractivity contribution in [2.24, 2.45) is 4.99 Å². The number of halogens is 1. The van der Waals surface area contributed by atoms with E-state index < -0.39 is 0 Å². The van der Waals surface area contributed by atoms with E-state index in [9.17, 15) is 4.79 Å². The molecule has 0 unspecified atom stereocenters. The molecule has 0 aromatic heterocycles. The lowest BCUT2D eigenvalue weighted by atomic mass is 10.1. The average Bonchev–Trinajstić information content (AvgIpc) is 2.54. The number of nitrogens with one attached hydrogen (secondary N) is 2. The van der Waals surface area contributed by atoms with Crippen molar-refractivity contribution in [2.75, 3.05) is 41.3 Å². The fraction of sp³-hybridized carbons (Fsp3) is 0.500. The molecule has 0 aliphatic heterocycles. The molecule has 0 heterocycles. The lowest BCUT2D eigenvalue weighted by molar-refractivity contribution is -0.128. The van der Waals surface area contributed by atoms with Crippen molar-refractivity contribution in [3.63, 3.8) is 0 Å². The minimum Gasteiger partial charge on any atom is -0.497 e. The summed E-state index contributed by atoms with van der Waals surface area (Å²) in [6.07, 6.45) is 1.19. The van der Waals surface area contributed by atoms with E-state index in [0.29, 0.717) is 30.5 Å². The maximum atomic E-state index is 11.5. The molecule has 0 aliphatic rings. The zero-order chi connectivity index (χ0) is 17.2. The van der Waals surface area contributed by atoms with Crippen LogP contribution in [0.15, 0.2) is 23.2 Å². The van der Waals surface area contributed by atoms with Gasteiger partial charge in [0.25, 0.3) is 0 Å². The van der Waals surface area contributed by atoms with Crippen LogP contribution in [0.2, 0.25) is 5.02 Å². The number of amides is 1. The van der Waals surface area contributed by atoms with Gasteiger partial charge in [-0.2, -0.15) is 0 Å². The van der Waals surface area contributed by atoms with Crippen molar-refractivity contribution >= 4 is 23.5 Å². The van der Waals surface area contributed by atoms with Gasteiger partial charge in [-0.1, -0.05) is 17.7 Å². The molecule has 1 rings (SSSR count). The van der Waals surface area contributed by atoms with Crippen LogP contribution in [0.25, 0.3) is 0 Å². The molecule has 0 saturated heterocycles. The molecule has 2 N–H and O–H groups in total. The monoisotopic (exact) mass is 340 g/mol. The largest absolute Gasteiger partial charge is 0.497 e. The number of carbonyl (C=O) groups is 1. The summed E-state index contributed by atoms with van der Waals surface area (Å²) >= 11 is 6.21. The Morgan fingerprint density at radius 3 is 2.57 bits per heavy atom. The zero-order valence-corrected chi connectivity index (χ0v) is 14.9. The van der Waals surface area contributed by atoms with E-state index in [1.54, 1.807) is 39.2 Å². The normalized spacial score (nSPS) is 11.1. The van der Waals surface area contributed by atoms with Gasteiger partial charge in [0, 0.05) is 45.7 Å². The number of aliphatic imine (C=N–C) groups is 1. The highest BCUT2D eigenvalue weighted by molar-refractivity contribution is 6.31. The molecule has 0 fully saturated rings. The van der Waals surface area contributed by atoms with Crippen molar-refractivity contribution in [3.05, 3.63) is 28.8 Å². The second-order valence-electron chi connectivity index (χ2n) is 5.17. The number of benzene rings is 1. The topological polar surface area (TPSA) is 66.0 Å². The fourth-order valence-electron chi connectivity index (χ4n) is 1.91. The third-order valence-electron chi connectivity index (χ3n) is 3.30. The first kappa shape index (κ1) is 19.1. The third-order valence-corrected chi connectivity index (χ3v) is 3.65. The Morgan fingerprint density at radius 1 is 1.30 bits per heavy atom. The molecule has 1 aromatic carbocycles. The van der Waals surface area contributed by atoms with Gasteiger partial charge in [-0.3, -0.25) is 9.79 Å². The molecule has 23 heavy (non-hydrogen) atoms. The second kappa shape index (κ2) is 9.94. The van der Waals surface area contributed by atoms with Crippen LogP contribution >= 0.6 is 11.6 Å². The molecule has 0 atom stereocenters. The van der Waals surface area contributed by atoms with E-state index in [0.717, 1.165) is 17.7 Å². The number of ether oxygens (including phenoxy) is 1. The lowest BCUT2D eigenvalue weighted by Crippen LogP contribution is -2.40. The summed E-state index contributed by atoms with van der Waals surface area (Å²) in [5.74, 6) is 1.49. The van der Waals surface area contributed by atoms with E-state index >= 15 is 0 Å². The van der Waals surface area contributed by atoms with Crippen molar-refractivity contribution in [1.82, 2.24) is 15.5 Å². The second-order valence-corrected chi connectivity index (χ2v) is 5.58. The molecular formula is C16H25ClN4O2. The summed E-state index contributed by atoms with van der Waals surface area (Å²) in [7, 11) is 6.80. The van der Waals surface area contributed by atoms with Gasteiger partial charge in [0.05, 0.1) is 7.11 Å². The quantitative estimate of drug-likeness (QED) is 0.583. The highest BCUT2D eigenvalue weighted by atomic mass is 35.5. The predicted molar refractivity (Wildman–Crippen MR) is 94.4 cm³/mol. The van der Waals surface area contributed by atoms with Crippen LogP contribution in [0.4, 0.5) is 0 Å². The van der Waals surface area contributed by atoms with Gasteiger partial charge in [0.1, 0.15) is 5.75 Å². The number of hydrogen-bond acceptors (Lipinski definition) is 3. The summed E-state index contributed by atoms with van der Waals surface area (Å²) in [4.78, 5) is 17.2. The molecular weight excluding hydrogens is 316 g/mol. The number of nitrogens with zero attached hydrogens (tertiary/aromatic N) is 2. The van der Waals surface area contributed by atoms with Crippen molar-refractivity contribution in [2.45, 2.75) is 12.8 Å². The van der Waals surface area contributed by atoms with E-state index in [2.05, 4.69) is 15.6 Å². The molecule has 6 nitrogen and oxygen atoms in total. The summed E-state index contributed by atoms with van der Waals surface area (Å²) in [6.45, 7) is 1.23.